The van der Waals surface area contributed by atoms with Crippen LogP contribution in [0.3, 0.4) is 0 Å². The lowest BCUT2D eigenvalue weighted by molar-refractivity contribution is -0.0393. The van der Waals surface area contributed by atoms with E-state index in [2.05, 4.69) is 133 Å². The molecule has 48 heavy (non-hydrogen) atoms. The minimum absolute atomic E-state index is 0.190. The molecule has 0 atom stereocenters. The Hall–Kier alpha value is -4.24. The molecular formula is C46H34S2. The number of thiophene rings is 2. The molecule has 0 N–H and O–H groups in total. The molecule has 4 saturated carbocycles. The van der Waals surface area contributed by atoms with E-state index in [0.717, 1.165) is 23.7 Å². The second-order valence-electron chi connectivity index (χ2n) is 15.2. The first kappa shape index (κ1) is 26.7. The van der Waals surface area contributed by atoms with Crippen molar-refractivity contribution in [3.8, 4) is 33.4 Å². The summed E-state index contributed by atoms with van der Waals surface area (Å²) in [5.74, 6) is 3.47. The Balaban J connectivity index is 1.03. The average molecular weight is 651 g/mol. The summed E-state index contributed by atoms with van der Waals surface area (Å²) in [6.07, 6.45) is 7.19. The van der Waals surface area contributed by atoms with Gasteiger partial charge in [0.1, 0.15) is 0 Å². The zero-order chi connectivity index (χ0) is 31.1. The maximum Gasteiger partial charge on any atom is 0.0433 e. The molecule has 0 aliphatic heterocycles. The SMILES string of the molecule is c1ccc2c(c1)-c1ccc3c(sc4c(-c5ccc(-c6cccc7c6sc6ccccc67)cc5)cccc43)c1C21C2CC3CC(C2)CC1C3. The van der Waals surface area contributed by atoms with E-state index >= 15 is 0 Å². The van der Waals surface area contributed by atoms with Gasteiger partial charge >= 0.3 is 0 Å². The molecular weight excluding hydrogens is 617 g/mol. The fourth-order valence-electron chi connectivity index (χ4n) is 11.5. The first-order valence-corrected chi connectivity index (χ1v) is 19.5. The first-order chi connectivity index (χ1) is 23.8. The average Bonchev–Trinajstić information content (AvgIpc) is 3.79. The third-order valence-electron chi connectivity index (χ3n) is 13.1. The van der Waals surface area contributed by atoms with Crippen molar-refractivity contribution in [3.05, 3.63) is 132 Å². The van der Waals surface area contributed by atoms with Crippen molar-refractivity contribution in [2.45, 2.75) is 37.5 Å². The van der Waals surface area contributed by atoms with Gasteiger partial charge in [-0.2, -0.15) is 0 Å². The third-order valence-corrected chi connectivity index (χ3v) is 15.6. The molecule has 5 aliphatic rings. The van der Waals surface area contributed by atoms with Gasteiger partial charge in [-0.1, -0.05) is 115 Å². The van der Waals surface area contributed by atoms with Crippen LogP contribution in [0.2, 0.25) is 0 Å². The number of hydrogen-bond donors (Lipinski definition) is 0. The van der Waals surface area contributed by atoms with E-state index in [1.807, 2.05) is 11.3 Å². The van der Waals surface area contributed by atoms with Gasteiger partial charge in [-0.25, -0.2) is 0 Å². The molecule has 0 saturated heterocycles. The minimum atomic E-state index is 0.190. The zero-order valence-electron chi connectivity index (χ0n) is 26.7. The smallest absolute Gasteiger partial charge is 0.0433 e. The van der Waals surface area contributed by atoms with Crippen molar-refractivity contribution in [2.24, 2.45) is 23.7 Å². The predicted octanol–water partition coefficient (Wildman–Crippen LogP) is 13.5. The topological polar surface area (TPSA) is 0 Å². The van der Waals surface area contributed by atoms with Crippen molar-refractivity contribution in [1.29, 1.82) is 0 Å². The maximum absolute atomic E-state index is 2.52. The lowest BCUT2D eigenvalue weighted by Crippen LogP contribution is -2.55. The molecule has 2 heterocycles. The van der Waals surface area contributed by atoms with Gasteiger partial charge in [0, 0.05) is 45.8 Å². The van der Waals surface area contributed by atoms with Crippen molar-refractivity contribution in [3.63, 3.8) is 0 Å². The summed E-state index contributed by atoms with van der Waals surface area (Å²) >= 11 is 4.00. The van der Waals surface area contributed by atoms with Crippen LogP contribution in [-0.2, 0) is 5.41 Å². The van der Waals surface area contributed by atoms with Gasteiger partial charge in [-0.05, 0) is 106 Å². The molecule has 5 aliphatic carbocycles. The molecule has 0 radical (unpaired) electrons. The fourth-order valence-corrected chi connectivity index (χ4v) is 14.2. The summed E-state index contributed by atoms with van der Waals surface area (Å²) in [5.41, 5.74) is 11.9. The molecule has 1 spiro atoms. The van der Waals surface area contributed by atoms with E-state index in [1.54, 1.807) is 15.8 Å². The molecule has 2 aromatic heterocycles. The van der Waals surface area contributed by atoms with Crippen molar-refractivity contribution in [1.82, 2.24) is 0 Å². The Bertz CT molecular complexity index is 2600. The van der Waals surface area contributed by atoms with Gasteiger partial charge in [0.15, 0.2) is 0 Å². The van der Waals surface area contributed by atoms with Crippen LogP contribution >= 0.6 is 22.7 Å². The molecule has 8 aromatic rings. The summed E-state index contributed by atoms with van der Waals surface area (Å²) in [4.78, 5) is 0. The molecule has 4 bridgehead atoms. The van der Waals surface area contributed by atoms with Gasteiger partial charge < -0.3 is 0 Å². The summed E-state index contributed by atoms with van der Waals surface area (Å²) in [7, 11) is 0. The Morgan fingerprint density at radius 1 is 0.417 bits per heavy atom. The van der Waals surface area contributed by atoms with Crippen LogP contribution in [0.15, 0.2) is 121 Å². The number of fused-ring (bicyclic) bond motifs is 10. The van der Waals surface area contributed by atoms with E-state index in [9.17, 15) is 0 Å². The Morgan fingerprint density at radius 2 is 0.979 bits per heavy atom. The normalized spacial score (nSPS) is 25.2. The highest BCUT2D eigenvalue weighted by atomic mass is 32.1. The summed E-state index contributed by atoms with van der Waals surface area (Å²) in [5, 5.41) is 5.60. The Labute approximate surface area is 288 Å². The molecule has 0 unspecified atom stereocenters. The summed E-state index contributed by atoms with van der Waals surface area (Å²) < 4.78 is 5.74. The number of hydrogen-bond acceptors (Lipinski definition) is 2. The molecule has 0 amide bonds. The first-order valence-electron chi connectivity index (χ1n) is 17.9. The number of rotatable bonds is 2. The van der Waals surface area contributed by atoms with Gasteiger partial charge in [-0.15, -0.1) is 22.7 Å². The van der Waals surface area contributed by atoms with Crippen LogP contribution in [0, 0.1) is 23.7 Å². The van der Waals surface area contributed by atoms with Gasteiger partial charge in [0.05, 0.1) is 0 Å². The molecule has 2 heteroatoms. The summed E-state index contributed by atoms with van der Waals surface area (Å²) in [6.45, 7) is 0. The minimum Gasteiger partial charge on any atom is -0.135 e. The van der Waals surface area contributed by atoms with Gasteiger partial charge in [0.2, 0.25) is 0 Å². The van der Waals surface area contributed by atoms with E-state index in [0.29, 0.717) is 0 Å². The molecule has 4 fully saturated rings. The van der Waals surface area contributed by atoms with E-state index in [-0.39, 0.29) is 5.41 Å². The largest absolute Gasteiger partial charge is 0.135 e. The van der Waals surface area contributed by atoms with Gasteiger partial charge in [0.25, 0.3) is 0 Å². The fraction of sp³-hybridized carbons (Fsp3) is 0.217. The molecule has 6 aromatic carbocycles. The van der Waals surface area contributed by atoms with Crippen molar-refractivity contribution < 1.29 is 0 Å². The van der Waals surface area contributed by atoms with Crippen LogP contribution in [0.1, 0.15) is 43.2 Å². The Morgan fingerprint density at radius 3 is 1.71 bits per heavy atom. The van der Waals surface area contributed by atoms with Crippen LogP contribution in [0.5, 0.6) is 0 Å². The molecule has 13 rings (SSSR count). The van der Waals surface area contributed by atoms with Crippen LogP contribution in [-0.4, -0.2) is 0 Å². The van der Waals surface area contributed by atoms with Crippen molar-refractivity contribution >= 4 is 63.0 Å². The predicted molar refractivity (Wildman–Crippen MR) is 206 cm³/mol. The standard InChI is InChI=1S/C46H34S2/c1-3-13-40-34(7-1)36-19-20-39-38-12-6-10-33(44(38)48-45(39)42(36)46(40)30-22-26-21-27(24-30)25-31(46)23-26)29-17-15-28(16-18-29)32-9-5-11-37-35-8-2-4-14-41(35)47-43(32)37/h1-20,26-27,30-31H,21-25H2. The van der Waals surface area contributed by atoms with Crippen LogP contribution < -0.4 is 0 Å². The van der Waals surface area contributed by atoms with Crippen molar-refractivity contribution in [2.75, 3.05) is 0 Å². The van der Waals surface area contributed by atoms with Gasteiger partial charge in [-0.3, -0.25) is 0 Å². The zero-order valence-corrected chi connectivity index (χ0v) is 28.3. The third kappa shape index (κ3) is 3.31. The highest BCUT2D eigenvalue weighted by molar-refractivity contribution is 7.27. The Kier molecular flexibility index (Phi) is 5.26. The van der Waals surface area contributed by atoms with E-state index < -0.39 is 0 Å². The van der Waals surface area contributed by atoms with Crippen LogP contribution in [0.25, 0.3) is 73.7 Å². The monoisotopic (exact) mass is 650 g/mol. The summed E-state index contributed by atoms with van der Waals surface area (Å²) in [6, 6.07) is 46.5. The molecule has 230 valence electrons. The lowest BCUT2D eigenvalue weighted by atomic mass is 9.43. The van der Waals surface area contributed by atoms with E-state index in [4.69, 9.17) is 0 Å². The second-order valence-corrected chi connectivity index (χ2v) is 17.3. The lowest BCUT2D eigenvalue weighted by Gasteiger charge is -2.61. The highest BCUT2D eigenvalue weighted by Gasteiger charge is 2.62. The van der Waals surface area contributed by atoms with E-state index in [1.165, 1.54) is 101 Å². The van der Waals surface area contributed by atoms with Crippen LogP contribution in [0.4, 0.5) is 0 Å². The maximum atomic E-state index is 2.52. The highest BCUT2D eigenvalue weighted by Crippen LogP contribution is 2.70. The molecule has 0 nitrogen and oxygen atoms in total. The quantitative estimate of drug-likeness (QED) is 0.175. The number of benzene rings is 6. The second kappa shape index (κ2) is 9.47.